The van der Waals surface area contributed by atoms with E-state index in [1.165, 1.54) is 0 Å². The minimum Gasteiger partial charge on any atom is -0.494 e. The molecule has 0 saturated heterocycles. The second-order valence-corrected chi connectivity index (χ2v) is 7.04. The van der Waals surface area contributed by atoms with Crippen LogP contribution in [0.2, 0.25) is 0 Å². The zero-order valence-corrected chi connectivity index (χ0v) is 17.8. The van der Waals surface area contributed by atoms with Crippen molar-refractivity contribution in [3.8, 4) is 17.0 Å². The van der Waals surface area contributed by atoms with Crippen LogP contribution < -0.4 is 10.1 Å². The summed E-state index contributed by atoms with van der Waals surface area (Å²) in [5.74, 6) is 1.33. The maximum absolute atomic E-state index is 12.2. The smallest absolute Gasteiger partial charge is 0.410 e. The molecule has 30 heavy (non-hydrogen) atoms. The van der Waals surface area contributed by atoms with Gasteiger partial charge in [-0.2, -0.15) is 0 Å². The molecule has 0 fully saturated rings. The van der Waals surface area contributed by atoms with E-state index in [1.807, 2.05) is 39.0 Å². The molecule has 0 atom stereocenters. The van der Waals surface area contributed by atoms with Gasteiger partial charge in [-0.25, -0.2) is 14.3 Å². The van der Waals surface area contributed by atoms with E-state index in [0.717, 1.165) is 23.3 Å². The van der Waals surface area contributed by atoms with Gasteiger partial charge < -0.3 is 19.7 Å². The van der Waals surface area contributed by atoms with Gasteiger partial charge >= 0.3 is 6.09 Å². The lowest BCUT2D eigenvalue weighted by molar-refractivity contribution is 0.0934. The highest BCUT2D eigenvalue weighted by Crippen LogP contribution is 2.29. The van der Waals surface area contributed by atoms with Gasteiger partial charge in [0.1, 0.15) is 11.6 Å². The van der Waals surface area contributed by atoms with Crippen molar-refractivity contribution < 1.29 is 14.3 Å². The summed E-state index contributed by atoms with van der Waals surface area (Å²) in [6.07, 6.45) is 5.63. The van der Waals surface area contributed by atoms with Gasteiger partial charge in [-0.15, -0.1) is 5.10 Å². The van der Waals surface area contributed by atoms with Gasteiger partial charge in [0.15, 0.2) is 5.65 Å². The molecule has 1 N–H and O–H groups in total. The first-order valence-electron chi connectivity index (χ1n) is 10.1. The Labute approximate surface area is 176 Å². The van der Waals surface area contributed by atoms with Gasteiger partial charge in [-0.05, 0) is 38.5 Å². The number of nitrogens with zero attached hydrogens (tertiary/aromatic N) is 5. The van der Waals surface area contributed by atoms with Crippen LogP contribution in [0.5, 0.6) is 5.75 Å². The molecule has 9 heteroatoms. The van der Waals surface area contributed by atoms with Crippen molar-refractivity contribution in [1.82, 2.24) is 24.5 Å². The Bertz CT molecular complexity index is 988. The molecule has 0 aromatic carbocycles. The number of methoxy groups -OCH3 is 1. The van der Waals surface area contributed by atoms with Crippen molar-refractivity contribution in [2.75, 3.05) is 32.1 Å². The molecule has 9 nitrogen and oxygen atoms in total. The Morgan fingerprint density at radius 2 is 2.10 bits per heavy atom. The van der Waals surface area contributed by atoms with E-state index in [2.05, 4.69) is 20.4 Å². The standard InChI is InChI=1S/C21H28N6O3/c1-5-12-30-21(28)26(15(2)3)11-10-23-19-6-7-20-24-13-17(27(20)25-19)16-8-9-22-14-18(16)29-4/h6-9,13-15H,5,10-12H2,1-4H3,(H,23,25). The Morgan fingerprint density at radius 1 is 1.27 bits per heavy atom. The number of anilines is 1. The molecule has 0 saturated carbocycles. The largest absolute Gasteiger partial charge is 0.494 e. The van der Waals surface area contributed by atoms with Gasteiger partial charge in [0, 0.05) is 30.9 Å². The highest BCUT2D eigenvalue weighted by Gasteiger charge is 2.18. The monoisotopic (exact) mass is 412 g/mol. The van der Waals surface area contributed by atoms with Crippen molar-refractivity contribution in [1.29, 1.82) is 0 Å². The average Bonchev–Trinajstić information content (AvgIpc) is 3.17. The fourth-order valence-corrected chi connectivity index (χ4v) is 3.04. The van der Waals surface area contributed by atoms with Crippen LogP contribution in [0.4, 0.5) is 10.6 Å². The number of aromatic nitrogens is 4. The van der Waals surface area contributed by atoms with E-state index in [1.54, 1.807) is 35.1 Å². The minimum absolute atomic E-state index is 0.0472. The van der Waals surface area contributed by atoms with Crippen LogP contribution in [0, 0.1) is 0 Å². The number of nitrogens with one attached hydrogen (secondary N) is 1. The van der Waals surface area contributed by atoms with Crippen LogP contribution >= 0.6 is 0 Å². The second-order valence-electron chi connectivity index (χ2n) is 7.04. The SMILES string of the molecule is CCCOC(=O)N(CCNc1ccc2ncc(-c3ccncc3OC)n2n1)C(C)C. The topological polar surface area (TPSA) is 93.9 Å². The van der Waals surface area contributed by atoms with Crippen LogP contribution in [0.3, 0.4) is 0 Å². The number of carbonyl (C=O) groups excluding carboxylic acids is 1. The molecule has 0 aliphatic rings. The molecule has 160 valence electrons. The number of imidazole rings is 1. The predicted molar refractivity (Wildman–Crippen MR) is 115 cm³/mol. The minimum atomic E-state index is -0.293. The van der Waals surface area contributed by atoms with E-state index in [4.69, 9.17) is 9.47 Å². The normalized spacial score (nSPS) is 11.0. The van der Waals surface area contributed by atoms with E-state index >= 15 is 0 Å². The van der Waals surface area contributed by atoms with E-state index in [0.29, 0.717) is 31.3 Å². The van der Waals surface area contributed by atoms with Gasteiger partial charge in [0.2, 0.25) is 0 Å². The number of amides is 1. The number of hydrogen-bond acceptors (Lipinski definition) is 7. The average molecular weight is 412 g/mol. The van der Waals surface area contributed by atoms with Crippen molar-refractivity contribution in [2.45, 2.75) is 33.2 Å². The van der Waals surface area contributed by atoms with Crippen LogP contribution in [-0.2, 0) is 4.74 Å². The number of rotatable bonds is 9. The van der Waals surface area contributed by atoms with Crippen LogP contribution in [0.1, 0.15) is 27.2 Å². The Morgan fingerprint density at radius 3 is 2.83 bits per heavy atom. The summed E-state index contributed by atoms with van der Waals surface area (Å²) in [6.45, 7) is 7.39. The Kier molecular flexibility index (Phi) is 7.05. The van der Waals surface area contributed by atoms with Gasteiger partial charge in [-0.3, -0.25) is 4.98 Å². The van der Waals surface area contributed by atoms with E-state index in [-0.39, 0.29) is 12.1 Å². The zero-order valence-electron chi connectivity index (χ0n) is 17.8. The lowest BCUT2D eigenvalue weighted by Crippen LogP contribution is -2.40. The molecule has 3 rings (SSSR count). The Hall–Kier alpha value is -3.36. The molecule has 0 radical (unpaired) electrons. The molecule has 3 heterocycles. The molecular weight excluding hydrogens is 384 g/mol. The molecule has 0 bridgehead atoms. The number of hydrogen-bond donors (Lipinski definition) is 1. The maximum atomic E-state index is 12.2. The third-order valence-corrected chi connectivity index (χ3v) is 4.59. The first-order valence-corrected chi connectivity index (χ1v) is 10.1. The molecule has 3 aromatic rings. The second kappa shape index (κ2) is 9.91. The first-order chi connectivity index (χ1) is 14.5. The number of ether oxygens (including phenoxy) is 2. The number of fused-ring (bicyclic) bond motifs is 1. The van der Waals surface area contributed by atoms with Crippen LogP contribution in [0.15, 0.2) is 36.8 Å². The summed E-state index contributed by atoms with van der Waals surface area (Å²) in [7, 11) is 1.61. The summed E-state index contributed by atoms with van der Waals surface area (Å²) in [5.41, 5.74) is 2.38. The molecule has 1 amide bonds. The first kappa shape index (κ1) is 21.4. The summed E-state index contributed by atoms with van der Waals surface area (Å²) >= 11 is 0. The fraction of sp³-hybridized carbons (Fsp3) is 0.429. The molecule has 0 aliphatic heterocycles. The third-order valence-electron chi connectivity index (χ3n) is 4.59. The zero-order chi connectivity index (χ0) is 21.5. The predicted octanol–water partition coefficient (Wildman–Crippen LogP) is 3.47. The molecule has 0 aliphatic carbocycles. The quantitative estimate of drug-likeness (QED) is 0.575. The number of carbonyl (C=O) groups is 1. The molecule has 0 spiro atoms. The molecule has 0 unspecified atom stereocenters. The fourth-order valence-electron chi connectivity index (χ4n) is 3.04. The Balaban J connectivity index is 1.74. The maximum Gasteiger partial charge on any atom is 0.410 e. The van der Waals surface area contributed by atoms with Crippen LogP contribution in [-0.4, -0.2) is 63.4 Å². The van der Waals surface area contributed by atoms with E-state index < -0.39 is 0 Å². The molecular formula is C21H28N6O3. The lowest BCUT2D eigenvalue weighted by atomic mass is 10.2. The lowest BCUT2D eigenvalue weighted by Gasteiger charge is -2.26. The molecule has 3 aromatic heterocycles. The van der Waals surface area contributed by atoms with Crippen LogP contribution in [0.25, 0.3) is 16.9 Å². The summed E-state index contributed by atoms with van der Waals surface area (Å²) in [5, 5.41) is 7.93. The van der Waals surface area contributed by atoms with Gasteiger partial charge in [-0.1, -0.05) is 6.92 Å². The summed E-state index contributed by atoms with van der Waals surface area (Å²) < 4.78 is 12.4. The third kappa shape index (κ3) is 4.79. The van der Waals surface area contributed by atoms with Gasteiger partial charge in [0.05, 0.1) is 31.8 Å². The summed E-state index contributed by atoms with van der Waals surface area (Å²) in [6, 6.07) is 5.67. The van der Waals surface area contributed by atoms with Crippen molar-refractivity contribution in [3.05, 3.63) is 36.8 Å². The van der Waals surface area contributed by atoms with Gasteiger partial charge in [0.25, 0.3) is 0 Å². The van der Waals surface area contributed by atoms with E-state index in [9.17, 15) is 4.79 Å². The highest BCUT2D eigenvalue weighted by atomic mass is 16.6. The van der Waals surface area contributed by atoms with Crippen molar-refractivity contribution in [2.24, 2.45) is 0 Å². The summed E-state index contributed by atoms with van der Waals surface area (Å²) in [4.78, 5) is 22.4. The highest BCUT2D eigenvalue weighted by molar-refractivity contribution is 5.69. The number of pyridine rings is 1. The van der Waals surface area contributed by atoms with Crippen molar-refractivity contribution >= 4 is 17.6 Å². The van der Waals surface area contributed by atoms with Crippen molar-refractivity contribution in [3.63, 3.8) is 0 Å².